The minimum absolute atomic E-state index is 0.0239. The van der Waals surface area contributed by atoms with E-state index < -0.39 is 11.4 Å². The van der Waals surface area contributed by atoms with E-state index in [4.69, 9.17) is 24.2 Å². The summed E-state index contributed by atoms with van der Waals surface area (Å²) < 4.78 is 19.6. The van der Waals surface area contributed by atoms with Crippen LogP contribution in [-0.2, 0) is 16.3 Å². The molecular formula is C29H40N5O5S+. The topological polar surface area (TPSA) is 123 Å². The first-order valence-corrected chi connectivity index (χ1v) is 14.9. The van der Waals surface area contributed by atoms with E-state index in [1.165, 1.54) is 18.2 Å². The lowest BCUT2D eigenvalue weighted by Crippen LogP contribution is -2.41. The summed E-state index contributed by atoms with van der Waals surface area (Å²) >= 11 is 1.54. The number of hydrogen-bond acceptors (Lipinski definition) is 8. The molecule has 3 heterocycles. The molecule has 0 unspecified atom stereocenters. The van der Waals surface area contributed by atoms with E-state index in [0.29, 0.717) is 37.0 Å². The molecule has 0 radical (unpaired) electrons. The Morgan fingerprint density at radius 1 is 1.25 bits per heavy atom. The second kappa shape index (κ2) is 13.0. The average molecular weight is 571 g/mol. The molecule has 1 aliphatic rings. The van der Waals surface area contributed by atoms with Crippen molar-refractivity contribution >= 4 is 17.7 Å². The van der Waals surface area contributed by atoms with Gasteiger partial charge in [-0.25, -0.2) is 9.97 Å². The first kappa shape index (κ1) is 29.8. The fraction of sp³-hybridized carbons (Fsp3) is 0.552. The number of carboxylic acids is 1. The van der Waals surface area contributed by atoms with Crippen LogP contribution < -0.4 is 14.2 Å². The van der Waals surface area contributed by atoms with E-state index in [0.717, 1.165) is 46.7 Å². The van der Waals surface area contributed by atoms with Crippen LogP contribution >= 0.6 is 11.8 Å². The molecule has 10 nitrogen and oxygen atoms in total. The number of ether oxygens (including phenoxy) is 3. The molecule has 0 aromatic carbocycles. The highest BCUT2D eigenvalue weighted by atomic mass is 32.2. The normalized spacial score (nSPS) is 13.9. The van der Waals surface area contributed by atoms with Gasteiger partial charge in [0.2, 0.25) is 12.6 Å². The summed E-state index contributed by atoms with van der Waals surface area (Å²) in [7, 11) is 0. The SMILES string of the molecule is CSc1nc(-c2cnc(OCC(C)(C)C(=O)O)cc2C)ccc1-c1nc(OC2CCC2)[n+](COCCC(C)C)[nH]1. The molecule has 1 aliphatic carbocycles. The predicted octanol–water partition coefficient (Wildman–Crippen LogP) is 5.29. The summed E-state index contributed by atoms with van der Waals surface area (Å²) in [6.07, 6.45) is 8.13. The lowest BCUT2D eigenvalue weighted by atomic mass is 9.95. The van der Waals surface area contributed by atoms with E-state index in [2.05, 4.69) is 23.9 Å². The number of nitrogens with zero attached hydrogens (tertiary/aromatic N) is 4. The standard InChI is InChI=1S/C29H39N5O5S/c1-18(2)12-13-37-17-34-28(39-20-8-7-9-20)32-25(33-34)21-10-11-23(31-26(21)40-6)22-15-30-24(14-19(22)3)38-16-29(4,5)27(35)36/h10-11,14-15,18,20H,7-9,12-13,16-17H2,1-6H3,(H,35,36)/p+1. The van der Waals surface area contributed by atoms with Gasteiger partial charge in [-0.15, -0.1) is 11.8 Å². The Hall–Kier alpha value is -3.18. The van der Waals surface area contributed by atoms with Gasteiger partial charge in [-0.05, 0) is 76.3 Å². The number of rotatable bonds is 14. The molecule has 11 heteroatoms. The quantitative estimate of drug-likeness (QED) is 0.151. The Bertz CT molecular complexity index is 1320. The number of thioether (sulfide) groups is 1. The maximum Gasteiger partial charge on any atom is 0.522 e. The minimum Gasteiger partial charge on any atom is -0.481 e. The summed E-state index contributed by atoms with van der Waals surface area (Å²) in [5, 5.41) is 13.5. The van der Waals surface area contributed by atoms with Crippen LogP contribution in [0.4, 0.5) is 0 Å². The molecule has 0 spiro atoms. The number of pyridine rings is 2. The van der Waals surface area contributed by atoms with Crippen molar-refractivity contribution in [2.24, 2.45) is 11.3 Å². The molecule has 0 atom stereocenters. The molecule has 1 saturated carbocycles. The molecule has 0 amide bonds. The van der Waals surface area contributed by atoms with Gasteiger partial charge in [-0.1, -0.05) is 18.5 Å². The van der Waals surface area contributed by atoms with E-state index in [9.17, 15) is 9.90 Å². The van der Waals surface area contributed by atoms with Gasteiger partial charge in [0.15, 0.2) is 0 Å². The summed E-state index contributed by atoms with van der Waals surface area (Å²) in [5.74, 6) is 0.711. The predicted molar refractivity (Wildman–Crippen MR) is 152 cm³/mol. The van der Waals surface area contributed by atoms with Crippen LogP contribution in [0.3, 0.4) is 0 Å². The van der Waals surface area contributed by atoms with Crippen molar-refractivity contribution in [2.45, 2.75) is 78.2 Å². The number of aliphatic carboxylic acids is 1. The highest BCUT2D eigenvalue weighted by Crippen LogP contribution is 2.32. The molecule has 0 aliphatic heterocycles. The third-order valence-corrected chi connectivity index (χ3v) is 7.59. The Morgan fingerprint density at radius 2 is 2.02 bits per heavy atom. The van der Waals surface area contributed by atoms with Gasteiger partial charge in [0.1, 0.15) is 17.7 Å². The summed E-state index contributed by atoms with van der Waals surface area (Å²) in [5.41, 5.74) is 2.44. The first-order chi connectivity index (χ1) is 19.1. The van der Waals surface area contributed by atoms with E-state index in [1.807, 2.05) is 30.0 Å². The van der Waals surface area contributed by atoms with Crippen molar-refractivity contribution in [3.05, 3.63) is 30.0 Å². The van der Waals surface area contributed by atoms with Crippen molar-refractivity contribution in [3.63, 3.8) is 0 Å². The molecule has 0 saturated heterocycles. The van der Waals surface area contributed by atoms with Crippen molar-refractivity contribution < 1.29 is 28.8 Å². The van der Waals surface area contributed by atoms with Crippen LogP contribution in [0.2, 0.25) is 0 Å². The van der Waals surface area contributed by atoms with Gasteiger partial charge >= 0.3 is 12.0 Å². The lowest BCUT2D eigenvalue weighted by molar-refractivity contribution is -0.786. The van der Waals surface area contributed by atoms with Gasteiger partial charge in [0, 0.05) is 22.8 Å². The Labute approximate surface area is 239 Å². The largest absolute Gasteiger partial charge is 0.522 e. The number of nitrogens with one attached hydrogen (secondary N) is 1. The molecule has 2 N–H and O–H groups in total. The van der Waals surface area contributed by atoms with Crippen LogP contribution in [-0.4, -0.2) is 56.7 Å². The molecule has 1 fully saturated rings. The van der Waals surface area contributed by atoms with E-state index >= 15 is 0 Å². The number of aromatic nitrogens is 5. The van der Waals surface area contributed by atoms with Gasteiger partial charge in [-0.2, -0.15) is 5.10 Å². The minimum atomic E-state index is -1.01. The van der Waals surface area contributed by atoms with Crippen LogP contribution in [0.25, 0.3) is 22.6 Å². The highest BCUT2D eigenvalue weighted by Gasteiger charge is 2.31. The average Bonchev–Trinajstić information content (AvgIpc) is 3.29. The summed E-state index contributed by atoms with van der Waals surface area (Å²) in [6, 6.07) is 6.29. The zero-order valence-corrected chi connectivity index (χ0v) is 25.0. The fourth-order valence-electron chi connectivity index (χ4n) is 3.89. The van der Waals surface area contributed by atoms with Crippen LogP contribution in [0.5, 0.6) is 11.9 Å². The van der Waals surface area contributed by atoms with Gasteiger partial charge in [0.25, 0.3) is 5.82 Å². The number of carbonyl (C=O) groups is 1. The Morgan fingerprint density at radius 3 is 2.65 bits per heavy atom. The van der Waals surface area contributed by atoms with Crippen molar-refractivity contribution in [2.75, 3.05) is 19.5 Å². The Balaban J connectivity index is 1.55. The zero-order valence-electron chi connectivity index (χ0n) is 24.2. The highest BCUT2D eigenvalue weighted by molar-refractivity contribution is 7.98. The van der Waals surface area contributed by atoms with Crippen molar-refractivity contribution in [1.29, 1.82) is 0 Å². The van der Waals surface area contributed by atoms with E-state index in [1.54, 1.807) is 26.1 Å². The van der Waals surface area contributed by atoms with Gasteiger partial charge in [0.05, 0.1) is 23.3 Å². The van der Waals surface area contributed by atoms with Crippen molar-refractivity contribution in [3.8, 4) is 34.5 Å². The number of aromatic amines is 1. The smallest absolute Gasteiger partial charge is 0.481 e. The van der Waals surface area contributed by atoms with Gasteiger partial charge < -0.3 is 19.3 Å². The maximum atomic E-state index is 11.4. The molecule has 3 aromatic heterocycles. The first-order valence-electron chi connectivity index (χ1n) is 13.7. The number of H-pyrrole nitrogens is 1. The molecule has 0 bridgehead atoms. The van der Waals surface area contributed by atoms with Gasteiger partial charge in [-0.3, -0.25) is 4.79 Å². The molecule has 4 rings (SSSR count). The molecule has 216 valence electrons. The Kier molecular flexibility index (Phi) is 9.68. The lowest BCUT2D eigenvalue weighted by Gasteiger charge is -2.22. The molecule has 3 aromatic rings. The van der Waals surface area contributed by atoms with Crippen LogP contribution in [0, 0.1) is 18.3 Å². The summed E-state index contributed by atoms with van der Waals surface area (Å²) in [4.78, 5) is 25.5. The van der Waals surface area contributed by atoms with Crippen LogP contribution in [0.1, 0.15) is 58.9 Å². The monoisotopic (exact) mass is 570 g/mol. The third-order valence-electron chi connectivity index (χ3n) is 6.89. The fourth-order valence-corrected chi connectivity index (χ4v) is 4.46. The molecule has 40 heavy (non-hydrogen) atoms. The number of hydrogen-bond donors (Lipinski definition) is 2. The molecular weight excluding hydrogens is 530 g/mol. The third kappa shape index (κ3) is 7.31. The van der Waals surface area contributed by atoms with E-state index in [-0.39, 0.29) is 12.7 Å². The second-order valence-corrected chi connectivity index (χ2v) is 12.0. The second-order valence-electron chi connectivity index (χ2n) is 11.2. The maximum absolute atomic E-state index is 11.4. The number of carboxylic acid groups (broad SMARTS) is 1. The summed E-state index contributed by atoms with van der Waals surface area (Å²) in [6.45, 7) is 10.6. The van der Waals surface area contributed by atoms with Crippen molar-refractivity contribution in [1.82, 2.24) is 20.1 Å². The number of aryl methyl sites for hydroxylation is 1. The zero-order chi connectivity index (χ0) is 28.9. The van der Waals surface area contributed by atoms with Crippen LogP contribution in [0.15, 0.2) is 29.4 Å².